The van der Waals surface area contributed by atoms with E-state index in [1.165, 1.54) is 43.7 Å². The lowest BCUT2D eigenvalue weighted by Gasteiger charge is -2.32. The molecule has 0 saturated carbocycles. The Morgan fingerprint density at radius 1 is 1.29 bits per heavy atom. The van der Waals surface area contributed by atoms with Crippen LogP contribution in [0.4, 0.5) is 0 Å². The number of hydrogen-bond acceptors (Lipinski definition) is 3. The molecule has 2 heterocycles. The van der Waals surface area contributed by atoms with Crippen molar-refractivity contribution in [3.63, 3.8) is 0 Å². The predicted octanol–water partition coefficient (Wildman–Crippen LogP) is 2.54. The van der Waals surface area contributed by atoms with Crippen LogP contribution in [0.5, 0.6) is 0 Å². The van der Waals surface area contributed by atoms with Crippen molar-refractivity contribution < 1.29 is 0 Å². The van der Waals surface area contributed by atoms with E-state index in [1.54, 1.807) is 0 Å². The van der Waals surface area contributed by atoms with Gasteiger partial charge in [-0.15, -0.1) is 0 Å². The van der Waals surface area contributed by atoms with Crippen molar-refractivity contribution in [2.24, 2.45) is 13.0 Å². The highest BCUT2D eigenvalue weighted by Gasteiger charge is 2.25. The summed E-state index contributed by atoms with van der Waals surface area (Å²) in [5, 5.41) is 8.17. The molecule has 1 aromatic rings. The van der Waals surface area contributed by atoms with Gasteiger partial charge in [-0.05, 0) is 44.9 Å². The molecular weight excluding hydrogens is 260 g/mol. The first kappa shape index (κ1) is 16.5. The van der Waals surface area contributed by atoms with Gasteiger partial charge < -0.3 is 5.32 Å². The van der Waals surface area contributed by atoms with Gasteiger partial charge in [0.1, 0.15) is 0 Å². The van der Waals surface area contributed by atoms with E-state index in [4.69, 9.17) is 0 Å². The minimum absolute atomic E-state index is 0.125. The van der Waals surface area contributed by atoms with Gasteiger partial charge >= 0.3 is 0 Å². The standard InChI is InChI=1S/C17H32N4/c1-6-18-11-14-7-9-21(10-8-14)13-15-12-20(5)19-16(15)17(2,3)4/h12,14,18H,6-11,13H2,1-5H3. The second kappa shape index (κ2) is 6.93. The number of hydrogen-bond donors (Lipinski definition) is 1. The van der Waals surface area contributed by atoms with Crippen molar-refractivity contribution in [3.05, 3.63) is 17.5 Å². The molecule has 0 atom stereocenters. The largest absolute Gasteiger partial charge is 0.317 e. The van der Waals surface area contributed by atoms with Crippen molar-refractivity contribution in [1.29, 1.82) is 0 Å². The molecule has 0 bridgehead atoms. The fraction of sp³-hybridized carbons (Fsp3) is 0.824. The number of piperidine rings is 1. The maximum Gasteiger partial charge on any atom is 0.0722 e. The van der Waals surface area contributed by atoms with E-state index < -0.39 is 0 Å². The highest BCUT2D eigenvalue weighted by molar-refractivity contribution is 5.24. The van der Waals surface area contributed by atoms with Crippen LogP contribution in [0.25, 0.3) is 0 Å². The van der Waals surface area contributed by atoms with Crippen LogP contribution in [0.2, 0.25) is 0 Å². The zero-order valence-electron chi connectivity index (χ0n) is 14.4. The summed E-state index contributed by atoms with van der Waals surface area (Å²) in [6, 6.07) is 0. The number of aromatic nitrogens is 2. The molecule has 1 saturated heterocycles. The maximum absolute atomic E-state index is 4.68. The third-order valence-corrected chi connectivity index (χ3v) is 4.40. The van der Waals surface area contributed by atoms with Gasteiger partial charge in [0.25, 0.3) is 0 Å². The third kappa shape index (κ3) is 4.55. The molecule has 4 nitrogen and oxygen atoms in total. The molecule has 0 radical (unpaired) electrons. The molecule has 0 spiro atoms. The van der Waals surface area contributed by atoms with Crippen LogP contribution in [0.15, 0.2) is 6.20 Å². The summed E-state index contributed by atoms with van der Waals surface area (Å²) in [5.74, 6) is 0.859. The summed E-state index contributed by atoms with van der Waals surface area (Å²) in [5.41, 5.74) is 2.77. The zero-order chi connectivity index (χ0) is 15.5. The van der Waals surface area contributed by atoms with Crippen LogP contribution in [0, 0.1) is 5.92 Å². The molecule has 120 valence electrons. The molecule has 1 fully saturated rings. The fourth-order valence-corrected chi connectivity index (χ4v) is 3.22. The first-order valence-electron chi connectivity index (χ1n) is 8.36. The van der Waals surface area contributed by atoms with Gasteiger partial charge in [-0.25, -0.2) is 0 Å². The Kier molecular flexibility index (Phi) is 5.44. The predicted molar refractivity (Wildman–Crippen MR) is 88.5 cm³/mol. The Labute approximate surface area is 129 Å². The van der Waals surface area contributed by atoms with E-state index in [1.807, 2.05) is 11.7 Å². The molecule has 2 rings (SSSR count). The molecule has 1 aliphatic rings. The Balaban J connectivity index is 1.92. The Morgan fingerprint density at radius 3 is 2.52 bits per heavy atom. The summed E-state index contributed by atoms with van der Waals surface area (Å²) in [4.78, 5) is 2.59. The second-order valence-electron chi connectivity index (χ2n) is 7.45. The average Bonchev–Trinajstić information content (AvgIpc) is 2.79. The SMILES string of the molecule is CCNCC1CCN(Cc2cn(C)nc2C(C)(C)C)CC1. The lowest BCUT2D eigenvalue weighted by atomic mass is 9.89. The third-order valence-electron chi connectivity index (χ3n) is 4.40. The Bertz CT molecular complexity index is 436. The van der Waals surface area contributed by atoms with Gasteiger partial charge in [0, 0.05) is 30.8 Å². The molecule has 4 heteroatoms. The number of aryl methyl sites for hydroxylation is 1. The first-order chi connectivity index (χ1) is 9.90. The van der Waals surface area contributed by atoms with E-state index >= 15 is 0 Å². The molecule has 0 aliphatic carbocycles. The molecule has 1 N–H and O–H groups in total. The number of likely N-dealkylation sites (tertiary alicyclic amines) is 1. The molecule has 1 aliphatic heterocycles. The van der Waals surface area contributed by atoms with Crippen LogP contribution in [-0.4, -0.2) is 40.9 Å². The van der Waals surface area contributed by atoms with Crippen molar-refractivity contribution in [1.82, 2.24) is 20.0 Å². The van der Waals surface area contributed by atoms with Crippen molar-refractivity contribution in [3.8, 4) is 0 Å². The van der Waals surface area contributed by atoms with Crippen LogP contribution in [0.1, 0.15) is 51.8 Å². The quantitative estimate of drug-likeness (QED) is 0.905. The van der Waals surface area contributed by atoms with E-state index in [0.29, 0.717) is 0 Å². The number of rotatable bonds is 5. The minimum atomic E-state index is 0.125. The average molecular weight is 292 g/mol. The summed E-state index contributed by atoms with van der Waals surface area (Å²) in [6.07, 6.45) is 4.83. The Morgan fingerprint density at radius 2 is 1.95 bits per heavy atom. The van der Waals surface area contributed by atoms with Crippen LogP contribution < -0.4 is 5.32 Å². The van der Waals surface area contributed by atoms with Crippen LogP contribution in [-0.2, 0) is 19.0 Å². The number of nitrogens with zero attached hydrogens (tertiary/aromatic N) is 3. The summed E-state index contributed by atoms with van der Waals surface area (Å²) >= 11 is 0. The smallest absolute Gasteiger partial charge is 0.0722 e. The van der Waals surface area contributed by atoms with E-state index in [-0.39, 0.29) is 5.41 Å². The van der Waals surface area contributed by atoms with E-state index in [2.05, 4.69) is 49.2 Å². The number of nitrogens with one attached hydrogen (secondary N) is 1. The Hall–Kier alpha value is -0.870. The van der Waals surface area contributed by atoms with Crippen molar-refractivity contribution >= 4 is 0 Å². The molecule has 0 unspecified atom stereocenters. The summed E-state index contributed by atoms with van der Waals surface area (Å²) in [6.45, 7) is 14.7. The van der Waals surface area contributed by atoms with E-state index in [0.717, 1.165) is 19.0 Å². The topological polar surface area (TPSA) is 33.1 Å². The van der Waals surface area contributed by atoms with Crippen LogP contribution >= 0.6 is 0 Å². The van der Waals surface area contributed by atoms with Crippen molar-refractivity contribution in [2.45, 2.75) is 52.5 Å². The normalized spacial score (nSPS) is 18.3. The molecular formula is C17H32N4. The molecule has 21 heavy (non-hydrogen) atoms. The highest BCUT2D eigenvalue weighted by atomic mass is 15.3. The maximum atomic E-state index is 4.68. The second-order valence-corrected chi connectivity index (χ2v) is 7.45. The molecule has 1 aromatic heterocycles. The molecule has 0 aromatic carbocycles. The van der Waals surface area contributed by atoms with Gasteiger partial charge in [-0.1, -0.05) is 27.7 Å². The van der Waals surface area contributed by atoms with Gasteiger partial charge in [0.05, 0.1) is 5.69 Å². The molecule has 0 amide bonds. The van der Waals surface area contributed by atoms with E-state index in [9.17, 15) is 0 Å². The monoisotopic (exact) mass is 292 g/mol. The minimum Gasteiger partial charge on any atom is -0.317 e. The lowest BCUT2D eigenvalue weighted by Crippen LogP contribution is -2.37. The van der Waals surface area contributed by atoms with Gasteiger partial charge in [-0.2, -0.15) is 5.10 Å². The van der Waals surface area contributed by atoms with Gasteiger partial charge in [0.2, 0.25) is 0 Å². The first-order valence-corrected chi connectivity index (χ1v) is 8.36. The highest BCUT2D eigenvalue weighted by Crippen LogP contribution is 2.26. The fourth-order valence-electron chi connectivity index (χ4n) is 3.22. The lowest BCUT2D eigenvalue weighted by molar-refractivity contribution is 0.175. The summed E-state index contributed by atoms with van der Waals surface area (Å²) in [7, 11) is 2.03. The zero-order valence-corrected chi connectivity index (χ0v) is 14.4. The van der Waals surface area contributed by atoms with Crippen molar-refractivity contribution in [2.75, 3.05) is 26.2 Å². The van der Waals surface area contributed by atoms with Gasteiger partial charge in [-0.3, -0.25) is 9.58 Å². The van der Waals surface area contributed by atoms with Gasteiger partial charge in [0.15, 0.2) is 0 Å². The summed E-state index contributed by atoms with van der Waals surface area (Å²) < 4.78 is 1.97. The van der Waals surface area contributed by atoms with Crippen LogP contribution in [0.3, 0.4) is 0 Å².